The van der Waals surface area contributed by atoms with Crippen LogP contribution in [0.4, 0.5) is 14.5 Å². The van der Waals surface area contributed by atoms with Crippen molar-refractivity contribution < 1.29 is 18.3 Å². The van der Waals surface area contributed by atoms with Crippen LogP contribution >= 0.6 is 11.6 Å². The quantitative estimate of drug-likeness (QED) is 0.946. The maximum atomic E-state index is 12.1. The third-order valence-electron chi connectivity index (χ3n) is 2.98. The van der Waals surface area contributed by atoms with Gasteiger partial charge in [-0.3, -0.25) is 4.79 Å². The lowest BCUT2D eigenvalue weighted by molar-refractivity contribution is -0.115. The summed E-state index contributed by atoms with van der Waals surface area (Å²) in [5, 5.41) is 3.11. The van der Waals surface area contributed by atoms with Gasteiger partial charge in [0.05, 0.1) is 35.2 Å². The highest BCUT2D eigenvalue weighted by atomic mass is 35.5. The topological polar surface area (TPSA) is 64.1 Å². The highest BCUT2D eigenvalue weighted by Gasteiger charge is 2.24. The van der Waals surface area contributed by atoms with Crippen LogP contribution < -0.4 is 10.1 Å². The van der Waals surface area contributed by atoms with Gasteiger partial charge in [0.1, 0.15) is 0 Å². The maximum absolute atomic E-state index is 12.1. The maximum Gasteiger partial charge on any atom is 0.388 e. The lowest BCUT2D eigenvalue weighted by Gasteiger charge is -2.09. The van der Waals surface area contributed by atoms with Gasteiger partial charge in [0.2, 0.25) is 11.8 Å². The summed E-state index contributed by atoms with van der Waals surface area (Å²) in [5.74, 6) is -0.432. The Morgan fingerprint density at radius 1 is 1.29 bits per heavy atom. The number of nitrogens with one attached hydrogen (secondary N) is 1. The van der Waals surface area contributed by atoms with Crippen LogP contribution in [0.5, 0.6) is 5.88 Å². The second-order valence-electron chi connectivity index (χ2n) is 4.29. The van der Waals surface area contributed by atoms with E-state index in [1.165, 1.54) is 6.20 Å². The summed E-state index contributed by atoms with van der Waals surface area (Å²) in [7, 11) is 0. The molecule has 0 saturated heterocycles. The molecule has 1 aliphatic rings. The van der Waals surface area contributed by atoms with Crippen molar-refractivity contribution in [2.75, 3.05) is 5.32 Å². The predicted molar refractivity (Wildman–Crippen MR) is 71.4 cm³/mol. The van der Waals surface area contributed by atoms with E-state index in [0.29, 0.717) is 27.5 Å². The van der Waals surface area contributed by atoms with E-state index in [9.17, 15) is 13.6 Å². The third kappa shape index (κ3) is 2.64. The van der Waals surface area contributed by atoms with Crippen molar-refractivity contribution in [2.45, 2.75) is 13.0 Å². The Kier molecular flexibility index (Phi) is 3.42. The molecule has 0 spiro atoms. The Labute approximate surface area is 122 Å². The number of fused-ring (bicyclic) bond motifs is 1. The Morgan fingerprint density at radius 2 is 2.10 bits per heavy atom. The fraction of sp³-hybridized carbons (Fsp3) is 0.154. The third-order valence-corrected chi connectivity index (χ3v) is 3.29. The van der Waals surface area contributed by atoms with Gasteiger partial charge in [0.15, 0.2) is 0 Å². The van der Waals surface area contributed by atoms with Crippen molar-refractivity contribution in [3.8, 4) is 17.1 Å². The number of benzene rings is 1. The Hall–Kier alpha value is -2.28. The first-order valence-corrected chi connectivity index (χ1v) is 6.31. The van der Waals surface area contributed by atoms with Crippen molar-refractivity contribution >= 4 is 23.2 Å². The second-order valence-corrected chi connectivity index (χ2v) is 4.70. The molecule has 0 atom stereocenters. The number of rotatable bonds is 3. The Morgan fingerprint density at radius 3 is 2.76 bits per heavy atom. The van der Waals surface area contributed by atoms with E-state index in [1.807, 2.05) is 0 Å². The minimum atomic E-state index is -2.95. The van der Waals surface area contributed by atoms with Crippen LogP contribution in [0.1, 0.15) is 5.56 Å². The number of ether oxygens (including phenoxy) is 1. The zero-order chi connectivity index (χ0) is 15.0. The molecule has 2 aromatic rings. The molecule has 5 nitrogen and oxygen atoms in total. The summed E-state index contributed by atoms with van der Waals surface area (Å²) >= 11 is 6.02. The molecule has 1 aromatic heterocycles. The number of alkyl halides is 2. The van der Waals surface area contributed by atoms with E-state index in [0.717, 1.165) is 6.20 Å². The zero-order valence-corrected chi connectivity index (χ0v) is 11.2. The fourth-order valence-electron chi connectivity index (χ4n) is 2.13. The summed E-state index contributed by atoms with van der Waals surface area (Å²) in [6.07, 6.45) is 2.60. The van der Waals surface area contributed by atoms with Gasteiger partial charge in [-0.2, -0.15) is 8.78 Å². The minimum absolute atomic E-state index is 0.162. The Balaban J connectivity index is 1.98. The molecule has 1 aromatic carbocycles. The van der Waals surface area contributed by atoms with Crippen LogP contribution in [0.15, 0.2) is 24.5 Å². The molecule has 2 heterocycles. The first-order chi connectivity index (χ1) is 10.0. The van der Waals surface area contributed by atoms with Crippen LogP contribution in [0.3, 0.4) is 0 Å². The molecule has 3 rings (SSSR count). The first kappa shape index (κ1) is 13.7. The van der Waals surface area contributed by atoms with Crippen molar-refractivity contribution in [2.24, 2.45) is 0 Å². The molecule has 0 radical (unpaired) electrons. The fourth-order valence-corrected chi connectivity index (χ4v) is 2.35. The molecule has 0 fully saturated rings. The van der Waals surface area contributed by atoms with Gasteiger partial charge in [-0.25, -0.2) is 9.97 Å². The van der Waals surface area contributed by atoms with Crippen molar-refractivity contribution in [1.29, 1.82) is 0 Å². The van der Waals surface area contributed by atoms with Crippen molar-refractivity contribution in [3.05, 3.63) is 35.1 Å². The Bertz CT molecular complexity index is 707. The molecule has 1 aliphatic heterocycles. The van der Waals surface area contributed by atoms with Gasteiger partial charge in [-0.15, -0.1) is 0 Å². The zero-order valence-electron chi connectivity index (χ0n) is 10.4. The predicted octanol–water partition coefficient (Wildman–Crippen LogP) is 2.89. The van der Waals surface area contributed by atoms with Crippen molar-refractivity contribution in [1.82, 2.24) is 9.97 Å². The van der Waals surface area contributed by atoms with Crippen LogP contribution in [0.2, 0.25) is 5.02 Å². The van der Waals surface area contributed by atoms with Crippen LogP contribution in [0, 0.1) is 0 Å². The second kappa shape index (κ2) is 5.25. The number of carbonyl (C=O) groups is 1. The number of amides is 1. The van der Waals surface area contributed by atoms with E-state index in [4.69, 9.17) is 11.6 Å². The van der Waals surface area contributed by atoms with Gasteiger partial charge in [-0.1, -0.05) is 17.7 Å². The van der Waals surface area contributed by atoms with Crippen LogP contribution in [-0.4, -0.2) is 22.5 Å². The van der Waals surface area contributed by atoms with Crippen molar-refractivity contribution in [3.63, 3.8) is 0 Å². The van der Waals surface area contributed by atoms with E-state index in [-0.39, 0.29) is 18.2 Å². The summed E-state index contributed by atoms with van der Waals surface area (Å²) < 4.78 is 28.3. The number of hydrogen-bond donors (Lipinski definition) is 1. The van der Waals surface area contributed by atoms with Crippen LogP contribution in [-0.2, 0) is 11.2 Å². The smallest absolute Gasteiger partial charge is 0.388 e. The first-order valence-electron chi connectivity index (χ1n) is 5.93. The molecule has 0 unspecified atom stereocenters. The molecular formula is C13H8ClF2N3O2. The number of hydrogen-bond acceptors (Lipinski definition) is 4. The molecule has 1 N–H and O–H groups in total. The lowest BCUT2D eigenvalue weighted by atomic mass is 10.0. The molecule has 0 aliphatic carbocycles. The minimum Gasteiger partial charge on any atom is -0.415 e. The number of aromatic nitrogens is 2. The van der Waals surface area contributed by atoms with E-state index in [2.05, 4.69) is 20.0 Å². The SMILES string of the molecule is O=C1Cc2c(-c3cnc(OC(F)F)cn3)ccc(Cl)c2N1. The molecule has 108 valence electrons. The molecule has 0 saturated carbocycles. The van der Waals surface area contributed by atoms with E-state index >= 15 is 0 Å². The number of nitrogens with zero attached hydrogens (tertiary/aromatic N) is 2. The molecule has 1 amide bonds. The average Bonchev–Trinajstić information content (AvgIpc) is 2.82. The average molecular weight is 312 g/mol. The van der Waals surface area contributed by atoms with Gasteiger partial charge in [-0.05, 0) is 11.6 Å². The summed E-state index contributed by atoms with van der Waals surface area (Å²) in [4.78, 5) is 19.3. The number of halogens is 3. The highest BCUT2D eigenvalue weighted by molar-refractivity contribution is 6.34. The summed E-state index contributed by atoms with van der Waals surface area (Å²) in [6, 6.07) is 3.34. The normalized spacial score (nSPS) is 13.2. The van der Waals surface area contributed by atoms with E-state index in [1.54, 1.807) is 12.1 Å². The van der Waals surface area contributed by atoms with Gasteiger partial charge < -0.3 is 10.1 Å². The standard InChI is InChI=1S/C13H8ClF2N3O2/c14-8-2-1-6(7-3-10(20)19-12(7)8)9-4-18-11(5-17-9)21-13(15)16/h1-2,4-5,13H,3H2,(H,19,20). The molecule has 0 bridgehead atoms. The number of anilines is 1. The van der Waals surface area contributed by atoms with Gasteiger partial charge in [0, 0.05) is 5.56 Å². The highest BCUT2D eigenvalue weighted by Crippen LogP contribution is 2.37. The summed E-state index contributed by atoms with van der Waals surface area (Å²) in [5.41, 5.74) is 2.38. The van der Waals surface area contributed by atoms with Gasteiger partial charge >= 0.3 is 6.61 Å². The van der Waals surface area contributed by atoms with E-state index < -0.39 is 6.61 Å². The van der Waals surface area contributed by atoms with Gasteiger partial charge in [0.25, 0.3) is 0 Å². The van der Waals surface area contributed by atoms with Crippen LogP contribution in [0.25, 0.3) is 11.3 Å². The largest absolute Gasteiger partial charge is 0.415 e. The number of carbonyl (C=O) groups excluding carboxylic acids is 1. The monoisotopic (exact) mass is 311 g/mol. The molecule has 8 heteroatoms. The molecule has 21 heavy (non-hydrogen) atoms. The summed E-state index contributed by atoms with van der Waals surface area (Å²) in [6.45, 7) is -2.95. The molecular weight excluding hydrogens is 304 g/mol. The lowest BCUT2D eigenvalue weighted by Crippen LogP contribution is -2.04.